The van der Waals surface area contributed by atoms with Crippen LogP contribution in [0.5, 0.6) is 0 Å². The molecule has 21 heavy (non-hydrogen) atoms. The topological polar surface area (TPSA) is 79.9 Å². The summed E-state index contributed by atoms with van der Waals surface area (Å²) >= 11 is 0. The lowest BCUT2D eigenvalue weighted by molar-refractivity contribution is -0.121. The second-order valence-electron chi connectivity index (χ2n) is 5.54. The number of nitrogens with zero attached hydrogens (tertiary/aromatic N) is 2. The Morgan fingerprint density at radius 2 is 1.95 bits per heavy atom. The fourth-order valence-electron chi connectivity index (χ4n) is 2.81. The van der Waals surface area contributed by atoms with Gasteiger partial charge in [0, 0.05) is 26.1 Å². The quantitative estimate of drug-likeness (QED) is 0.306. The molecule has 1 amide bonds. The van der Waals surface area contributed by atoms with Crippen LogP contribution in [-0.2, 0) is 9.53 Å². The summed E-state index contributed by atoms with van der Waals surface area (Å²) in [5.74, 6) is 1.30. The predicted molar refractivity (Wildman–Crippen MR) is 93.9 cm³/mol. The first-order valence-corrected chi connectivity index (χ1v) is 7.65. The van der Waals surface area contributed by atoms with Gasteiger partial charge in [0.25, 0.3) is 0 Å². The summed E-state index contributed by atoms with van der Waals surface area (Å²) < 4.78 is 5.26. The van der Waals surface area contributed by atoms with E-state index in [1.165, 1.54) is 25.7 Å². The van der Waals surface area contributed by atoms with Gasteiger partial charge < -0.3 is 20.7 Å². The summed E-state index contributed by atoms with van der Waals surface area (Å²) in [5, 5.41) is 2.92. The van der Waals surface area contributed by atoms with Crippen molar-refractivity contribution in [3.05, 3.63) is 0 Å². The zero-order chi connectivity index (χ0) is 14.2. The maximum atomic E-state index is 11.7. The zero-order valence-electron chi connectivity index (χ0n) is 12.6. The molecule has 3 N–H and O–H groups in total. The number of halogens is 1. The van der Waals surface area contributed by atoms with Crippen molar-refractivity contribution in [2.24, 2.45) is 16.6 Å². The van der Waals surface area contributed by atoms with Crippen LogP contribution in [0.3, 0.4) is 0 Å². The molecule has 2 aliphatic rings. The van der Waals surface area contributed by atoms with Gasteiger partial charge in [0.1, 0.15) is 0 Å². The summed E-state index contributed by atoms with van der Waals surface area (Å²) in [5.41, 5.74) is 5.91. The van der Waals surface area contributed by atoms with Crippen molar-refractivity contribution >= 4 is 35.8 Å². The Hall–Kier alpha value is -0.570. The van der Waals surface area contributed by atoms with Crippen LogP contribution < -0.4 is 11.1 Å². The number of rotatable bonds is 5. The van der Waals surface area contributed by atoms with Crippen molar-refractivity contribution in [3.8, 4) is 0 Å². The van der Waals surface area contributed by atoms with Crippen LogP contribution in [-0.4, -0.2) is 56.2 Å². The molecule has 1 aliphatic carbocycles. The number of morpholine rings is 1. The van der Waals surface area contributed by atoms with Crippen LogP contribution in [0.2, 0.25) is 0 Å². The maximum absolute atomic E-state index is 11.7. The fourth-order valence-corrected chi connectivity index (χ4v) is 2.81. The minimum Gasteiger partial charge on any atom is -0.378 e. The van der Waals surface area contributed by atoms with Crippen molar-refractivity contribution in [2.75, 3.05) is 39.4 Å². The largest absolute Gasteiger partial charge is 0.378 e. The second kappa shape index (κ2) is 10.2. The number of guanidine groups is 1. The lowest BCUT2D eigenvalue weighted by atomic mass is 10.0. The SMILES string of the molecule is I.NC(=NCCNC(=O)CC1CCCC1)N1CCOCC1. The predicted octanol–water partition coefficient (Wildman–Crippen LogP) is 0.948. The van der Waals surface area contributed by atoms with E-state index in [1.54, 1.807) is 0 Å². The number of carbonyl (C=O) groups is 1. The number of hydrogen-bond acceptors (Lipinski definition) is 3. The molecule has 1 saturated heterocycles. The average molecular weight is 410 g/mol. The van der Waals surface area contributed by atoms with E-state index in [0.717, 1.165) is 13.1 Å². The highest BCUT2D eigenvalue weighted by Crippen LogP contribution is 2.27. The third-order valence-electron chi connectivity index (χ3n) is 3.99. The van der Waals surface area contributed by atoms with Crippen molar-refractivity contribution < 1.29 is 9.53 Å². The molecule has 2 rings (SSSR count). The molecule has 1 saturated carbocycles. The molecule has 0 unspecified atom stereocenters. The molecule has 0 radical (unpaired) electrons. The maximum Gasteiger partial charge on any atom is 0.220 e. The van der Waals surface area contributed by atoms with Crippen molar-refractivity contribution in [2.45, 2.75) is 32.1 Å². The van der Waals surface area contributed by atoms with Crippen LogP contribution in [0.1, 0.15) is 32.1 Å². The summed E-state index contributed by atoms with van der Waals surface area (Å²) in [7, 11) is 0. The normalized spacial score (nSPS) is 20.2. The van der Waals surface area contributed by atoms with Crippen LogP contribution in [0, 0.1) is 5.92 Å². The minimum absolute atomic E-state index is 0. The van der Waals surface area contributed by atoms with Gasteiger partial charge in [-0.05, 0) is 18.8 Å². The molecule has 0 aromatic carbocycles. The molecule has 2 fully saturated rings. The Balaban J connectivity index is 0.00000220. The Morgan fingerprint density at radius 3 is 2.62 bits per heavy atom. The summed E-state index contributed by atoms with van der Waals surface area (Å²) in [6, 6.07) is 0. The van der Waals surface area contributed by atoms with Gasteiger partial charge in [-0.15, -0.1) is 24.0 Å². The zero-order valence-corrected chi connectivity index (χ0v) is 14.9. The lowest BCUT2D eigenvalue weighted by Crippen LogP contribution is -2.45. The van der Waals surface area contributed by atoms with E-state index in [1.807, 2.05) is 4.90 Å². The molecule has 122 valence electrons. The smallest absolute Gasteiger partial charge is 0.220 e. The van der Waals surface area contributed by atoms with E-state index >= 15 is 0 Å². The van der Waals surface area contributed by atoms with Gasteiger partial charge in [0.05, 0.1) is 19.8 Å². The highest BCUT2D eigenvalue weighted by atomic mass is 127. The van der Waals surface area contributed by atoms with Gasteiger partial charge in [-0.2, -0.15) is 0 Å². The summed E-state index contributed by atoms with van der Waals surface area (Å²) in [4.78, 5) is 18.0. The van der Waals surface area contributed by atoms with Gasteiger partial charge in [-0.25, -0.2) is 0 Å². The van der Waals surface area contributed by atoms with Gasteiger partial charge >= 0.3 is 0 Å². The van der Waals surface area contributed by atoms with Gasteiger partial charge in [0.15, 0.2) is 5.96 Å². The number of ether oxygens (including phenoxy) is 1. The Labute approximate surface area is 143 Å². The molecule has 1 aliphatic heterocycles. The number of amides is 1. The Bertz CT molecular complexity index is 340. The first-order valence-electron chi connectivity index (χ1n) is 7.65. The molecular formula is C14H27IN4O2. The fraction of sp³-hybridized carbons (Fsp3) is 0.857. The van der Waals surface area contributed by atoms with Crippen LogP contribution in [0.25, 0.3) is 0 Å². The second-order valence-corrected chi connectivity index (χ2v) is 5.54. The molecule has 0 aromatic rings. The minimum atomic E-state index is 0. The average Bonchev–Trinajstić information content (AvgIpc) is 2.97. The van der Waals surface area contributed by atoms with E-state index in [-0.39, 0.29) is 29.9 Å². The molecule has 7 heteroatoms. The van der Waals surface area contributed by atoms with Crippen molar-refractivity contribution in [1.82, 2.24) is 10.2 Å². The van der Waals surface area contributed by atoms with Crippen LogP contribution >= 0.6 is 24.0 Å². The third kappa shape index (κ3) is 6.82. The number of carbonyl (C=O) groups excluding carboxylic acids is 1. The van der Waals surface area contributed by atoms with E-state index < -0.39 is 0 Å². The van der Waals surface area contributed by atoms with Crippen molar-refractivity contribution in [3.63, 3.8) is 0 Å². The number of nitrogens with one attached hydrogen (secondary N) is 1. The summed E-state index contributed by atoms with van der Waals surface area (Å²) in [6.07, 6.45) is 5.63. The Morgan fingerprint density at radius 1 is 1.29 bits per heavy atom. The molecule has 0 aromatic heterocycles. The van der Waals surface area contributed by atoms with Crippen LogP contribution in [0.15, 0.2) is 4.99 Å². The summed E-state index contributed by atoms with van der Waals surface area (Å²) in [6.45, 7) is 4.10. The van der Waals surface area contributed by atoms with E-state index in [2.05, 4.69) is 10.3 Å². The van der Waals surface area contributed by atoms with Crippen molar-refractivity contribution in [1.29, 1.82) is 0 Å². The first-order chi connectivity index (χ1) is 9.75. The highest BCUT2D eigenvalue weighted by Gasteiger charge is 2.18. The number of aliphatic imine (C=N–C) groups is 1. The molecule has 0 spiro atoms. The molecule has 1 heterocycles. The highest BCUT2D eigenvalue weighted by molar-refractivity contribution is 14.0. The first kappa shape index (κ1) is 18.5. The van der Waals surface area contributed by atoms with E-state index in [9.17, 15) is 4.79 Å². The molecule has 0 atom stereocenters. The van der Waals surface area contributed by atoms with E-state index in [0.29, 0.717) is 44.6 Å². The van der Waals surface area contributed by atoms with E-state index in [4.69, 9.17) is 10.5 Å². The standard InChI is InChI=1S/C14H26N4O2.HI/c15-14(18-7-9-20-10-8-18)17-6-5-16-13(19)11-12-3-1-2-4-12;/h12H,1-11H2,(H2,15,17)(H,16,19);1H. The Kier molecular flexibility index (Phi) is 8.98. The third-order valence-corrected chi connectivity index (χ3v) is 3.99. The van der Waals surface area contributed by atoms with Crippen LogP contribution in [0.4, 0.5) is 0 Å². The molecule has 6 nitrogen and oxygen atoms in total. The van der Waals surface area contributed by atoms with Gasteiger partial charge in [-0.3, -0.25) is 9.79 Å². The lowest BCUT2D eigenvalue weighted by Gasteiger charge is -2.27. The monoisotopic (exact) mass is 410 g/mol. The van der Waals surface area contributed by atoms with Gasteiger partial charge in [0.2, 0.25) is 5.91 Å². The number of nitrogens with two attached hydrogens (primary N) is 1. The number of hydrogen-bond donors (Lipinski definition) is 2. The van der Waals surface area contributed by atoms with Gasteiger partial charge in [-0.1, -0.05) is 12.8 Å². The molecular weight excluding hydrogens is 383 g/mol. The molecule has 0 bridgehead atoms.